The molecule has 1 atom stereocenters. The number of hydrogen-bond donors (Lipinski definition) is 1. The van der Waals surface area contributed by atoms with E-state index < -0.39 is 0 Å². The Morgan fingerprint density at radius 3 is 3.00 bits per heavy atom. The lowest BCUT2D eigenvalue weighted by Crippen LogP contribution is -2.30. The SMILES string of the molecule is CCOc1ccc2[nH]c(=O)c(CN(C)C[C@@H]3CCCO3)cc2c1. The number of nitrogens with zero attached hydrogens (tertiary/aromatic N) is 1. The van der Waals surface area contributed by atoms with E-state index in [9.17, 15) is 4.79 Å². The van der Waals surface area contributed by atoms with Crippen molar-refractivity contribution < 1.29 is 9.47 Å². The molecule has 124 valence electrons. The predicted molar refractivity (Wildman–Crippen MR) is 91.0 cm³/mol. The highest BCUT2D eigenvalue weighted by atomic mass is 16.5. The fourth-order valence-corrected chi connectivity index (χ4v) is 3.10. The van der Waals surface area contributed by atoms with Gasteiger partial charge in [-0.25, -0.2) is 0 Å². The van der Waals surface area contributed by atoms with Crippen LogP contribution in [0.1, 0.15) is 25.3 Å². The molecule has 2 heterocycles. The van der Waals surface area contributed by atoms with Gasteiger partial charge in [0.1, 0.15) is 5.75 Å². The largest absolute Gasteiger partial charge is 0.494 e. The number of nitrogens with one attached hydrogen (secondary N) is 1. The Kier molecular flexibility index (Phi) is 4.98. The number of aromatic amines is 1. The summed E-state index contributed by atoms with van der Waals surface area (Å²) in [6.45, 7) is 4.92. The summed E-state index contributed by atoms with van der Waals surface area (Å²) in [7, 11) is 2.03. The third-order valence-electron chi connectivity index (χ3n) is 4.18. The Bertz CT molecular complexity index is 720. The zero-order valence-corrected chi connectivity index (χ0v) is 13.8. The van der Waals surface area contributed by atoms with E-state index in [0.29, 0.717) is 19.3 Å². The number of aromatic nitrogens is 1. The van der Waals surface area contributed by atoms with E-state index in [1.165, 1.54) is 0 Å². The van der Waals surface area contributed by atoms with E-state index in [0.717, 1.165) is 48.2 Å². The van der Waals surface area contributed by atoms with Gasteiger partial charge in [0.25, 0.3) is 5.56 Å². The number of hydrogen-bond acceptors (Lipinski definition) is 4. The average molecular weight is 316 g/mol. The van der Waals surface area contributed by atoms with Crippen LogP contribution < -0.4 is 10.3 Å². The van der Waals surface area contributed by atoms with Crippen molar-refractivity contribution in [3.05, 3.63) is 40.2 Å². The van der Waals surface area contributed by atoms with Crippen molar-refractivity contribution in [3.63, 3.8) is 0 Å². The van der Waals surface area contributed by atoms with Gasteiger partial charge in [-0.15, -0.1) is 0 Å². The molecule has 1 aromatic carbocycles. The van der Waals surface area contributed by atoms with Gasteiger partial charge in [-0.05, 0) is 51.1 Å². The molecule has 0 spiro atoms. The van der Waals surface area contributed by atoms with Crippen molar-refractivity contribution in [1.82, 2.24) is 9.88 Å². The monoisotopic (exact) mass is 316 g/mol. The Hall–Kier alpha value is -1.85. The molecule has 0 saturated carbocycles. The molecule has 1 fully saturated rings. The number of fused-ring (bicyclic) bond motifs is 1. The maximum absolute atomic E-state index is 12.3. The van der Waals surface area contributed by atoms with Crippen molar-refractivity contribution >= 4 is 10.9 Å². The van der Waals surface area contributed by atoms with Crippen LogP contribution in [-0.4, -0.2) is 42.8 Å². The first-order valence-corrected chi connectivity index (χ1v) is 8.24. The molecule has 23 heavy (non-hydrogen) atoms. The summed E-state index contributed by atoms with van der Waals surface area (Å²) in [4.78, 5) is 17.4. The normalized spacial score (nSPS) is 18.0. The van der Waals surface area contributed by atoms with Crippen molar-refractivity contribution in [3.8, 4) is 5.75 Å². The summed E-state index contributed by atoms with van der Waals surface area (Å²) in [5.41, 5.74) is 1.58. The molecule has 0 amide bonds. The van der Waals surface area contributed by atoms with Gasteiger partial charge in [0.2, 0.25) is 0 Å². The fraction of sp³-hybridized carbons (Fsp3) is 0.500. The Balaban J connectivity index is 1.78. The molecular formula is C18H24N2O3. The number of rotatable bonds is 6. The highest BCUT2D eigenvalue weighted by molar-refractivity contribution is 5.80. The molecule has 0 unspecified atom stereocenters. The molecule has 0 radical (unpaired) electrons. The first-order valence-electron chi connectivity index (χ1n) is 8.24. The lowest BCUT2D eigenvalue weighted by molar-refractivity contribution is 0.0792. The van der Waals surface area contributed by atoms with E-state index in [-0.39, 0.29) is 5.56 Å². The van der Waals surface area contributed by atoms with E-state index >= 15 is 0 Å². The summed E-state index contributed by atoms with van der Waals surface area (Å²) in [6, 6.07) is 7.70. The summed E-state index contributed by atoms with van der Waals surface area (Å²) in [6.07, 6.45) is 2.54. The van der Waals surface area contributed by atoms with Crippen LogP contribution in [0, 0.1) is 0 Å². The molecule has 0 bridgehead atoms. The second-order valence-corrected chi connectivity index (χ2v) is 6.14. The standard InChI is InChI=1S/C18H24N2O3/c1-3-22-15-6-7-17-13(10-15)9-14(18(21)19-17)11-20(2)12-16-5-4-8-23-16/h6-7,9-10,16H,3-5,8,11-12H2,1-2H3,(H,19,21)/t16-/m0/s1. The van der Waals surface area contributed by atoms with Gasteiger partial charge in [0.15, 0.2) is 0 Å². The third kappa shape index (κ3) is 3.92. The number of likely N-dealkylation sites (N-methyl/N-ethyl adjacent to an activating group) is 1. The van der Waals surface area contributed by atoms with Crippen LogP contribution in [0.25, 0.3) is 10.9 Å². The number of H-pyrrole nitrogens is 1. The van der Waals surface area contributed by atoms with Gasteiger partial charge in [-0.2, -0.15) is 0 Å². The minimum atomic E-state index is -0.0270. The van der Waals surface area contributed by atoms with Gasteiger partial charge in [-0.1, -0.05) is 0 Å². The number of ether oxygens (including phenoxy) is 2. The second kappa shape index (κ2) is 7.15. The molecule has 1 N–H and O–H groups in total. The van der Waals surface area contributed by atoms with Crippen LogP contribution in [0.3, 0.4) is 0 Å². The van der Waals surface area contributed by atoms with Crippen molar-refractivity contribution in [2.75, 3.05) is 26.8 Å². The molecule has 3 rings (SSSR count). The topological polar surface area (TPSA) is 54.6 Å². The van der Waals surface area contributed by atoms with E-state index in [1.807, 2.05) is 38.2 Å². The van der Waals surface area contributed by atoms with Gasteiger partial charge >= 0.3 is 0 Å². The molecule has 1 saturated heterocycles. The van der Waals surface area contributed by atoms with E-state index in [2.05, 4.69) is 9.88 Å². The Morgan fingerprint density at radius 1 is 1.39 bits per heavy atom. The number of pyridine rings is 1. The predicted octanol–water partition coefficient (Wildman–Crippen LogP) is 2.54. The lowest BCUT2D eigenvalue weighted by atomic mass is 10.1. The zero-order chi connectivity index (χ0) is 16.2. The average Bonchev–Trinajstić information content (AvgIpc) is 3.01. The van der Waals surface area contributed by atoms with Gasteiger partial charge in [0.05, 0.1) is 12.7 Å². The molecule has 5 heteroatoms. The van der Waals surface area contributed by atoms with Crippen LogP contribution in [0.5, 0.6) is 5.75 Å². The first-order chi connectivity index (χ1) is 11.2. The second-order valence-electron chi connectivity index (χ2n) is 6.14. The van der Waals surface area contributed by atoms with Gasteiger partial charge in [0, 0.05) is 36.2 Å². The van der Waals surface area contributed by atoms with Gasteiger partial charge < -0.3 is 14.5 Å². The fourth-order valence-electron chi connectivity index (χ4n) is 3.10. The van der Waals surface area contributed by atoms with Crippen molar-refractivity contribution in [1.29, 1.82) is 0 Å². The van der Waals surface area contributed by atoms with E-state index in [4.69, 9.17) is 9.47 Å². The number of benzene rings is 1. The summed E-state index contributed by atoms with van der Waals surface area (Å²) in [5, 5.41) is 0.996. The van der Waals surface area contributed by atoms with Crippen LogP contribution >= 0.6 is 0 Å². The quantitative estimate of drug-likeness (QED) is 0.890. The minimum Gasteiger partial charge on any atom is -0.494 e. The van der Waals surface area contributed by atoms with Crippen molar-refractivity contribution in [2.45, 2.75) is 32.4 Å². The highest BCUT2D eigenvalue weighted by Gasteiger charge is 2.18. The molecule has 1 aliphatic rings. The maximum Gasteiger partial charge on any atom is 0.252 e. The Labute approximate surface area is 136 Å². The van der Waals surface area contributed by atoms with Gasteiger partial charge in [-0.3, -0.25) is 9.69 Å². The van der Waals surface area contributed by atoms with Crippen LogP contribution in [0.15, 0.2) is 29.1 Å². The molecule has 5 nitrogen and oxygen atoms in total. The third-order valence-corrected chi connectivity index (χ3v) is 4.18. The van der Waals surface area contributed by atoms with Crippen LogP contribution in [-0.2, 0) is 11.3 Å². The molecule has 1 aromatic heterocycles. The molecule has 2 aromatic rings. The molecule has 0 aliphatic carbocycles. The summed E-state index contributed by atoms with van der Waals surface area (Å²) >= 11 is 0. The summed E-state index contributed by atoms with van der Waals surface area (Å²) in [5.74, 6) is 0.825. The van der Waals surface area contributed by atoms with Crippen LogP contribution in [0.2, 0.25) is 0 Å². The molecular weight excluding hydrogens is 292 g/mol. The minimum absolute atomic E-state index is 0.0270. The van der Waals surface area contributed by atoms with Crippen LogP contribution in [0.4, 0.5) is 0 Å². The van der Waals surface area contributed by atoms with E-state index in [1.54, 1.807) is 0 Å². The summed E-state index contributed by atoms with van der Waals surface area (Å²) < 4.78 is 11.2. The zero-order valence-electron chi connectivity index (χ0n) is 13.8. The van der Waals surface area contributed by atoms with Crippen molar-refractivity contribution in [2.24, 2.45) is 0 Å². The lowest BCUT2D eigenvalue weighted by Gasteiger charge is -2.20. The smallest absolute Gasteiger partial charge is 0.252 e. The first kappa shape index (κ1) is 16.0. The molecule has 1 aliphatic heterocycles. The Morgan fingerprint density at radius 2 is 2.26 bits per heavy atom. The highest BCUT2D eigenvalue weighted by Crippen LogP contribution is 2.20. The maximum atomic E-state index is 12.3.